The van der Waals surface area contributed by atoms with Crippen molar-refractivity contribution in [3.63, 3.8) is 0 Å². The van der Waals surface area contributed by atoms with E-state index in [9.17, 15) is 0 Å². The first kappa shape index (κ1) is 6.78. The first-order valence-corrected chi connectivity index (χ1v) is 2.90. The van der Waals surface area contributed by atoms with Gasteiger partial charge in [0.05, 0.1) is 0 Å². The maximum atomic E-state index is 8.29. The van der Waals surface area contributed by atoms with E-state index < -0.39 is 0 Å². The van der Waals surface area contributed by atoms with Crippen LogP contribution in [-0.4, -0.2) is 17.5 Å². The summed E-state index contributed by atoms with van der Waals surface area (Å²) in [4.78, 5) is 0. The number of thioether (sulfide) groups is 1. The predicted molar refractivity (Wildman–Crippen MR) is 32.8 cm³/mol. The van der Waals surface area contributed by atoms with Crippen molar-refractivity contribution in [2.45, 2.75) is 0 Å². The molecule has 4 heteroatoms. The topological polar surface area (TPSA) is 74.3 Å². The maximum absolute atomic E-state index is 8.29. The quantitative estimate of drug-likeness (QED) is 0.353. The second kappa shape index (κ2) is 3.95. The lowest BCUT2D eigenvalue weighted by molar-refractivity contribution is 1.15. The SMILES string of the molecule is [N]=C(N)SCCN. The van der Waals surface area contributed by atoms with Crippen LogP contribution in [0.4, 0.5) is 0 Å². The highest BCUT2D eigenvalue weighted by Crippen LogP contribution is 1.91. The minimum atomic E-state index is -0.106. The smallest absolute Gasteiger partial charge is 0.180 e. The average Bonchev–Trinajstić information content (AvgIpc) is 1.61. The van der Waals surface area contributed by atoms with Crippen LogP contribution < -0.4 is 16.9 Å². The fraction of sp³-hybridized carbons (Fsp3) is 0.667. The summed E-state index contributed by atoms with van der Waals surface area (Å²) in [6, 6.07) is 0. The van der Waals surface area contributed by atoms with Gasteiger partial charge in [0, 0.05) is 12.3 Å². The van der Waals surface area contributed by atoms with Crippen molar-refractivity contribution in [1.29, 1.82) is 0 Å². The molecule has 3 nitrogen and oxygen atoms in total. The summed E-state index contributed by atoms with van der Waals surface area (Å²) < 4.78 is 0. The molecule has 0 unspecified atom stereocenters. The van der Waals surface area contributed by atoms with Gasteiger partial charge in [0.2, 0.25) is 0 Å². The van der Waals surface area contributed by atoms with Crippen LogP contribution in [0.15, 0.2) is 0 Å². The van der Waals surface area contributed by atoms with Crippen LogP contribution >= 0.6 is 11.8 Å². The number of nitrogens with two attached hydrogens (primary N) is 2. The van der Waals surface area contributed by atoms with E-state index >= 15 is 0 Å². The Bertz CT molecular complexity index is 63.2. The molecule has 0 aromatic heterocycles. The fourth-order valence-corrected chi connectivity index (χ4v) is 0.490. The molecule has 0 fully saturated rings. The molecule has 0 bridgehead atoms. The molecule has 0 rings (SSSR count). The van der Waals surface area contributed by atoms with Gasteiger partial charge in [-0.25, -0.2) is 0 Å². The highest BCUT2D eigenvalue weighted by atomic mass is 32.2. The van der Waals surface area contributed by atoms with E-state index in [0.717, 1.165) is 11.8 Å². The third-order valence-corrected chi connectivity index (χ3v) is 1.10. The Morgan fingerprint density at radius 1 is 1.71 bits per heavy atom. The number of hydrogen-bond acceptors (Lipinski definition) is 2. The fourth-order valence-electron chi connectivity index (χ4n) is 0.163. The van der Waals surface area contributed by atoms with Crippen LogP contribution in [0, 0.1) is 0 Å². The van der Waals surface area contributed by atoms with Crippen molar-refractivity contribution >= 4 is 16.9 Å². The minimum absolute atomic E-state index is 0.106. The Hall–Kier alpha value is -0.220. The first-order chi connectivity index (χ1) is 3.27. The number of hydrogen-bond donors (Lipinski definition) is 2. The third kappa shape index (κ3) is 5.78. The van der Waals surface area contributed by atoms with Gasteiger partial charge in [0.1, 0.15) is 0 Å². The first-order valence-electron chi connectivity index (χ1n) is 1.91. The van der Waals surface area contributed by atoms with Crippen molar-refractivity contribution in [1.82, 2.24) is 5.41 Å². The Morgan fingerprint density at radius 3 is 2.43 bits per heavy atom. The molecule has 0 aliphatic carbocycles. The molecule has 0 aliphatic heterocycles. The van der Waals surface area contributed by atoms with Gasteiger partial charge in [-0.2, -0.15) is 0 Å². The van der Waals surface area contributed by atoms with Gasteiger partial charge in [-0.1, -0.05) is 11.8 Å². The highest BCUT2D eigenvalue weighted by Gasteiger charge is 1.85. The van der Waals surface area contributed by atoms with Crippen molar-refractivity contribution in [3.05, 3.63) is 0 Å². The number of amidine groups is 1. The molecule has 41 valence electrons. The lowest BCUT2D eigenvalue weighted by Gasteiger charge is -1.89. The van der Waals surface area contributed by atoms with E-state index in [1.807, 2.05) is 0 Å². The molecule has 0 aromatic carbocycles. The van der Waals surface area contributed by atoms with Gasteiger partial charge in [0.25, 0.3) is 0 Å². The molecule has 0 heterocycles. The molecule has 0 aromatic rings. The molecule has 0 saturated carbocycles. The van der Waals surface area contributed by atoms with Gasteiger partial charge in [-0.05, 0) is 0 Å². The van der Waals surface area contributed by atoms with E-state index in [4.69, 9.17) is 16.9 Å². The summed E-state index contributed by atoms with van der Waals surface area (Å²) in [7, 11) is 0. The van der Waals surface area contributed by atoms with E-state index in [2.05, 4.69) is 0 Å². The number of rotatable bonds is 2. The highest BCUT2D eigenvalue weighted by molar-refractivity contribution is 8.13. The molecule has 7 heavy (non-hydrogen) atoms. The van der Waals surface area contributed by atoms with Crippen molar-refractivity contribution in [2.75, 3.05) is 12.3 Å². The van der Waals surface area contributed by atoms with Crippen LogP contribution in [0.5, 0.6) is 0 Å². The largest absolute Gasteiger partial charge is 0.377 e. The minimum Gasteiger partial charge on any atom is -0.377 e. The summed E-state index contributed by atoms with van der Waals surface area (Å²) >= 11 is 1.16. The molecular weight excluding hydrogens is 110 g/mol. The van der Waals surface area contributed by atoms with Crippen LogP contribution in [0.1, 0.15) is 0 Å². The van der Waals surface area contributed by atoms with E-state index in [1.54, 1.807) is 0 Å². The molecule has 0 aliphatic rings. The zero-order valence-corrected chi connectivity index (χ0v) is 4.74. The van der Waals surface area contributed by atoms with Gasteiger partial charge in [-0.15, -0.1) is 5.41 Å². The molecule has 1 radical (unpaired) electrons. The standard InChI is InChI=1S/C3H8N3S/c4-1-2-7-3(5)6/h1-2,4-5H2. The van der Waals surface area contributed by atoms with E-state index in [0.29, 0.717) is 12.3 Å². The molecule has 0 spiro atoms. The molecule has 0 amide bonds. The zero-order chi connectivity index (χ0) is 5.70. The predicted octanol–water partition coefficient (Wildman–Crippen LogP) is -1.21. The Kier molecular flexibility index (Phi) is 3.83. The second-order valence-corrected chi connectivity index (χ2v) is 2.09. The van der Waals surface area contributed by atoms with Crippen LogP contribution in [0.2, 0.25) is 0 Å². The van der Waals surface area contributed by atoms with Crippen molar-refractivity contribution in [3.8, 4) is 0 Å². The normalized spacial score (nSPS) is 8.71. The molecule has 0 saturated heterocycles. The third-order valence-electron chi connectivity index (χ3n) is 0.368. The van der Waals surface area contributed by atoms with E-state index in [-0.39, 0.29) is 5.17 Å². The van der Waals surface area contributed by atoms with Gasteiger partial charge in [-0.3, -0.25) is 0 Å². The van der Waals surface area contributed by atoms with Gasteiger partial charge < -0.3 is 11.5 Å². The lowest BCUT2D eigenvalue weighted by Crippen LogP contribution is -2.11. The van der Waals surface area contributed by atoms with Crippen LogP contribution in [-0.2, 0) is 0 Å². The summed E-state index contributed by atoms with van der Waals surface area (Å²) in [5.74, 6) is 0.683. The summed E-state index contributed by atoms with van der Waals surface area (Å²) in [5.41, 5.74) is 9.93. The molecule has 4 N–H and O–H groups in total. The lowest BCUT2D eigenvalue weighted by atomic mass is 10.8. The van der Waals surface area contributed by atoms with Crippen molar-refractivity contribution in [2.24, 2.45) is 11.5 Å². The van der Waals surface area contributed by atoms with Gasteiger partial charge >= 0.3 is 0 Å². The Morgan fingerprint density at radius 2 is 2.29 bits per heavy atom. The number of nitrogens with zero attached hydrogens (tertiary/aromatic N) is 1. The molecule has 0 atom stereocenters. The second-order valence-electron chi connectivity index (χ2n) is 0.975. The molecular formula is C3H8N3S. The summed E-state index contributed by atoms with van der Waals surface area (Å²) in [5, 5.41) is 8.18. The van der Waals surface area contributed by atoms with E-state index in [1.165, 1.54) is 0 Å². The Balaban J connectivity index is 2.82. The average molecular weight is 118 g/mol. The van der Waals surface area contributed by atoms with Crippen LogP contribution in [0.25, 0.3) is 0 Å². The monoisotopic (exact) mass is 118 g/mol. The zero-order valence-electron chi connectivity index (χ0n) is 3.92. The van der Waals surface area contributed by atoms with Gasteiger partial charge in [0.15, 0.2) is 5.17 Å². The summed E-state index contributed by atoms with van der Waals surface area (Å²) in [6.45, 7) is 0.548. The summed E-state index contributed by atoms with van der Waals surface area (Å²) in [6.07, 6.45) is 0. The van der Waals surface area contributed by atoms with Crippen molar-refractivity contribution < 1.29 is 0 Å². The maximum Gasteiger partial charge on any atom is 0.180 e. The Labute approximate surface area is 47.0 Å². The van der Waals surface area contributed by atoms with Crippen LogP contribution in [0.3, 0.4) is 0 Å².